The molecule has 0 unspecified atom stereocenters. The number of benzene rings is 1. The van der Waals surface area contributed by atoms with Gasteiger partial charge in [-0.15, -0.1) is 0 Å². The molecule has 1 aliphatic rings. The largest absolute Gasteiger partial charge is 0.397 e. The van der Waals surface area contributed by atoms with Gasteiger partial charge in [0.25, 0.3) is 5.91 Å². The molecule has 0 aliphatic carbocycles. The van der Waals surface area contributed by atoms with Crippen molar-refractivity contribution in [1.29, 1.82) is 0 Å². The number of nitrogen functional groups attached to an aromatic ring is 1. The van der Waals surface area contributed by atoms with Crippen LogP contribution in [0, 0.1) is 0 Å². The van der Waals surface area contributed by atoms with E-state index in [1.807, 2.05) is 6.07 Å². The highest BCUT2D eigenvalue weighted by atomic mass is 16.1. The molecule has 1 aliphatic heterocycles. The van der Waals surface area contributed by atoms with Crippen LogP contribution in [-0.2, 0) is 0 Å². The van der Waals surface area contributed by atoms with Crippen molar-refractivity contribution in [2.75, 3.05) is 44.3 Å². The van der Waals surface area contributed by atoms with Crippen molar-refractivity contribution in [2.45, 2.75) is 19.3 Å². The third-order valence-corrected chi connectivity index (χ3v) is 3.71. The lowest BCUT2D eigenvalue weighted by Crippen LogP contribution is -2.22. The molecule has 1 aromatic rings. The maximum absolute atomic E-state index is 11.5. The Balaban J connectivity index is 1.79. The summed E-state index contributed by atoms with van der Waals surface area (Å²) in [5.41, 5.74) is 8.08. The highest BCUT2D eigenvalue weighted by Crippen LogP contribution is 2.20. The Morgan fingerprint density at radius 1 is 1.35 bits per heavy atom. The Kier molecular flexibility index (Phi) is 5.24. The summed E-state index contributed by atoms with van der Waals surface area (Å²) >= 11 is 0. The molecule has 2 rings (SSSR count). The van der Waals surface area contributed by atoms with E-state index in [1.165, 1.54) is 25.9 Å². The molecule has 0 atom stereocenters. The maximum atomic E-state index is 11.5. The summed E-state index contributed by atoms with van der Waals surface area (Å²) in [6, 6.07) is 5.37. The molecule has 1 amide bonds. The smallest absolute Gasteiger partial charge is 0.251 e. The number of hydrogen-bond donors (Lipinski definition) is 3. The Morgan fingerprint density at radius 2 is 2.10 bits per heavy atom. The zero-order valence-corrected chi connectivity index (χ0v) is 12.1. The second-order valence-electron chi connectivity index (χ2n) is 5.21. The summed E-state index contributed by atoms with van der Waals surface area (Å²) in [6.07, 6.45) is 3.78. The van der Waals surface area contributed by atoms with E-state index in [2.05, 4.69) is 15.5 Å². The number of likely N-dealkylation sites (tertiary alicyclic amines) is 1. The van der Waals surface area contributed by atoms with Crippen LogP contribution in [0.25, 0.3) is 0 Å². The van der Waals surface area contributed by atoms with Gasteiger partial charge in [0.1, 0.15) is 0 Å². The molecule has 1 saturated heterocycles. The van der Waals surface area contributed by atoms with Crippen LogP contribution in [0.5, 0.6) is 0 Å². The molecular formula is C15H24N4O. The molecular weight excluding hydrogens is 252 g/mol. The number of nitrogens with one attached hydrogen (secondary N) is 2. The SMILES string of the molecule is CNC(=O)c1ccc(NCCCN2CCCC2)c(N)c1. The van der Waals surface area contributed by atoms with E-state index < -0.39 is 0 Å². The van der Waals surface area contributed by atoms with Gasteiger partial charge in [0.05, 0.1) is 11.4 Å². The third kappa shape index (κ3) is 3.87. The van der Waals surface area contributed by atoms with Crippen LogP contribution in [0.2, 0.25) is 0 Å². The maximum Gasteiger partial charge on any atom is 0.251 e. The number of anilines is 2. The van der Waals surface area contributed by atoms with E-state index in [0.29, 0.717) is 11.3 Å². The summed E-state index contributed by atoms with van der Waals surface area (Å²) in [5.74, 6) is -0.114. The van der Waals surface area contributed by atoms with Gasteiger partial charge >= 0.3 is 0 Å². The predicted octanol–water partition coefficient (Wildman–Crippen LogP) is 1.53. The molecule has 20 heavy (non-hydrogen) atoms. The van der Waals surface area contributed by atoms with Crippen molar-refractivity contribution in [3.8, 4) is 0 Å². The van der Waals surface area contributed by atoms with Gasteiger partial charge < -0.3 is 21.3 Å². The van der Waals surface area contributed by atoms with Gasteiger partial charge in [-0.2, -0.15) is 0 Å². The average molecular weight is 276 g/mol. The molecule has 4 N–H and O–H groups in total. The Labute approximate surface area is 120 Å². The molecule has 0 bridgehead atoms. The van der Waals surface area contributed by atoms with E-state index in [4.69, 9.17) is 5.73 Å². The molecule has 0 saturated carbocycles. The van der Waals surface area contributed by atoms with Crippen LogP contribution < -0.4 is 16.4 Å². The third-order valence-electron chi connectivity index (χ3n) is 3.71. The van der Waals surface area contributed by atoms with Gasteiger partial charge in [-0.25, -0.2) is 0 Å². The van der Waals surface area contributed by atoms with Crippen molar-refractivity contribution in [3.05, 3.63) is 23.8 Å². The number of carbonyl (C=O) groups excluding carboxylic acids is 1. The molecule has 1 fully saturated rings. The highest BCUT2D eigenvalue weighted by Gasteiger charge is 2.10. The molecule has 1 heterocycles. The van der Waals surface area contributed by atoms with Gasteiger partial charge in [-0.3, -0.25) is 4.79 Å². The quantitative estimate of drug-likeness (QED) is 0.544. The van der Waals surface area contributed by atoms with Crippen LogP contribution in [-0.4, -0.2) is 44.0 Å². The number of nitrogens with two attached hydrogens (primary N) is 1. The molecule has 110 valence electrons. The summed E-state index contributed by atoms with van der Waals surface area (Å²) in [5, 5.41) is 5.93. The van der Waals surface area contributed by atoms with Crippen molar-refractivity contribution < 1.29 is 4.79 Å². The minimum Gasteiger partial charge on any atom is -0.397 e. The van der Waals surface area contributed by atoms with Crippen LogP contribution in [0.1, 0.15) is 29.6 Å². The molecule has 0 spiro atoms. The molecule has 1 aromatic carbocycles. The second kappa shape index (κ2) is 7.14. The van der Waals surface area contributed by atoms with Gasteiger partial charge in [-0.05, 0) is 57.1 Å². The van der Waals surface area contributed by atoms with E-state index in [0.717, 1.165) is 25.2 Å². The summed E-state index contributed by atoms with van der Waals surface area (Å²) in [4.78, 5) is 14.0. The van der Waals surface area contributed by atoms with Gasteiger partial charge in [0.2, 0.25) is 0 Å². The summed E-state index contributed by atoms with van der Waals surface area (Å²) in [7, 11) is 1.61. The predicted molar refractivity (Wildman–Crippen MR) is 83.0 cm³/mol. The zero-order valence-electron chi connectivity index (χ0n) is 12.1. The fraction of sp³-hybridized carbons (Fsp3) is 0.533. The average Bonchev–Trinajstić information content (AvgIpc) is 2.97. The first kappa shape index (κ1) is 14.7. The van der Waals surface area contributed by atoms with Crippen molar-refractivity contribution in [2.24, 2.45) is 0 Å². The number of hydrogen-bond acceptors (Lipinski definition) is 4. The summed E-state index contributed by atoms with van der Waals surface area (Å²) < 4.78 is 0. The normalized spacial score (nSPS) is 15.2. The highest BCUT2D eigenvalue weighted by molar-refractivity contribution is 5.95. The summed E-state index contributed by atoms with van der Waals surface area (Å²) in [6.45, 7) is 4.52. The monoisotopic (exact) mass is 276 g/mol. The van der Waals surface area contributed by atoms with E-state index in [1.54, 1.807) is 19.2 Å². The number of carbonyl (C=O) groups is 1. The Morgan fingerprint density at radius 3 is 2.75 bits per heavy atom. The minimum absolute atomic E-state index is 0.114. The second-order valence-corrected chi connectivity index (χ2v) is 5.21. The zero-order chi connectivity index (χ0) is 14.4. The lowest BCUT2D eigenvalue weighted by molar-refractivity contribution is 0.0963. The lowest BCUT2D eigenvalue weighted by Gasteiger charge is -2.15. The standard InChI is InChI=1S/C15H24N4O/c1-17-15(20)12-5-6-14(13(16)11-12)18-7-4-10-19-8-2-3-9-19/h5-6,11,18H,2-4,7-10,16H2,1H3,(H,17,20). The van der Waals surface area contributed by atoms with Gasteiger partial charge in [-0.1, -0.05) is 0 Å². The van der Waals surface area contributed by atoms with E-state index >= 15 is 0 Å². The molecule has 5 nitrogen and oxygen atoms in total. The lowest BCUT2D eigenvalue weighted by atomic mass is 10.1. The van der Waals surface area contributed by atoms with E-state index in [9.17, 15) is 4.79 Å². The van der Waals surface area contributed by atoms with Crippen molar-refractivity contribution in [1.82, 2.24) is 10.2 Å². The van der Waals surface area contributed by atoms with Crippen LogP contribution in [0.4, 0.5) is 11.4 Å². The minimum atomic E-state index is -0.114. The van der Waals surface area contributed by atoms with E-state index in [-0.39, 0.29) is 5.91 Å². The van der Waals surface area contributed by atoms with Crippen molar-refractivity contribution >= 4 is 17.3 Å². The molecule has 0 aromatic heterocycles. The van der Waals surface area contributed by atoms with Crippen molar-refractivity contribution in [3.63, 3.8) is 0 Å². The first-order valence-corrected chi connectivity index (χ1v) is 7.28. The van der Waals surface area contributed by atoms with Gasteiger partial charge in [0, 0.05) is 19.2 Å². The van der Waals surface area contributed by atoms with Crippen LogP contribution in [0.3, 0.4) is 0 Å². The Bertz CT molecular complexity index is 455. The van der Waals surface area contributed by atoms with Crippen LogP contribution in [0.15, 0.2) is 18.2 Å². The fourth-order valence-corrected chi connectivity index (χ4v) is 2.54. The first-order valence-electron chi connectivity index (χ1n) is 7.28. The Hall–Kier alpha value is -1.75. The fourth-order valence-electron chi connectivity index (χ4n) is 2.54. The molecule has 0 radical (unpaired) electrons. The topological polar surface area (TPSA) is 70.4 Å². The van der Waals surface area contributed by atoms with Crippen LogP contribution >= 0.6 is 0 Å². The first-order chi connectivity index (χ1) is 9.70. The molecule has 5 heteroatoms. The number of rotatable bonds is 6. The number of nitrogens with zero attached hydrogens (tertiary/aromatic N) is 1. The number of amides is 1. The van der Waals surface area contributed by atoms with Gasteiger partial charge in [0.15, 0.2) is 0 Å².